The van der Waals surface area contributed by atoms with E-state index >= 15 is 0 Å². The van der Waals surface area contributed by atoms with Gasteiger partial charge in [-0.15, -0.1) is 0 Å². The molecule has 26 heavy (non-hydrogen) atoms. The molecule has 0 atom stereocenters. The van der Waals surface area contributed by atoms with Gasteiger partial charge in [-0.3, -0.25) is 10.1 Å². The number of hydrogen-bond acceptors (Lipinski definition) is 4. The predicted octanol–water partition coefficient (Wildman–Crippen LogP) is 3.14. The Labute approximate surface area is 150 Å². The van der Waals surface area contributed by atoms with Crippen LogP contribution < -0.4 is 15.8 Å². The van der Waals surface area contributed by atoms with E-state index in [2.05, 4.69) is 10.3 Å². The largest absolute Gasteiger partial charge is 0.490 e. The monoisotopic (exact) mass is 346 g/mol. The smallest absolute Gasteiger partial charge is 0.213 e. The van der Waals surface area contributed by atoms with Gasteiger partial charge in [0.1, 0.15) is 5.75 Å². The second-order valence-electron chi connectivity index (χ2n) is 6.14. The van der Waals surface area contributed by atoms with Crippen LogP contribution in [-0.2, 0) is 4.79 Å². The average Bonchev–Trinajstić information content (AvgIpc) is 3.46. The van der Waals surface area contributed by atoms with E-state index in [1.807, 2.05) is 54.6 Å². The molecule has 0 spiro atoms. The van der Waals surface area contributed by atoms with Crippen LogP contribution >= 0.6 is 0 Å². The molecule has 1 aliphatic rings. The Balaban J connectivity index is 1.74. The molecule has 0 bridgehead atoms. The number of carbonyl (C=O) groups is 1. The summed E-state index contributed by atoms with van der Waals surface area (Å²) in [5.74, 6) is 0.908. The third-order valence-corrected chi connectivity index (χ3v) is 4.12. The van der Waals surface area contributed by atoms with Crippen molar-refractivity contribution in [3.63, 3.8) is 0 Å². The van der Waals surface area contributed by atoms with Crippen LogP contribution in [0.3, 0.4) is 0 Å². The van der Waals surface area contributed by atoms with Gasteiger partial charge in [0.2, 0.25) is 6.41 Å². The highest BCUT2D eigenvalue weighted by Gasteiger charge is 2.23. The van der Waals surface area contributed by atoms with Crippen molar-refractivity contribution >= 4 is 29.0 Å². The molecule has 130 valence electrons. The van der Waals surface area contributed by atoms with Crippen molar-refractivity contribution in [1.29, 1.82) is 0 Å². The number of nitrogens with one attached hydrogen (secondary N) is 1. The number of ether oxygens (including phenoxy) is 1. The fourth-order valence-electron chi connectivity index (χ4n) is 2.70. The molecule has 3 aromatic rings. The first-order valence-electron chi connectivity index (χ1n) is 8.44. The van der Waals surface area contributed by atoms with Gasteiger partial charge in [0.05, 0.1) is 23.0 Å². The average molecular weight is 346 g/mol. The van der Waals surface area contributed by atoms with Crippen molar-refractivity contribution in [3.05, 3.63) is 54.6 Å². The molecule has 6 nitrogen and oxygen atoms in total. The van der Waals surface area contributed by atoms with Gasteiger partial charge in [-0.2, -0.15) is 0 Å². The van der Waals surface area contributed by atoms with Gasteiger partial charge in [-0.1, -0.05) is 18.2 Å². The van der Waals surface area contributed by atoms with Crippen molar-refractivity contribution in [2.75, 3.05) is 0 Å². The lowest BCUT2D eigenvalue weighted by molar-refractivity contribution is -0.108. The zero-order chi connectivity index (χ0) is 17.9. The van der Waals surface area contributed by atoms with Crippen molar-refractivity contribution in [3.8, 4) is 17.0 Å². The van der Waals surface area contributed by atoms with Gasteiger partial charge in [0, 0.05) is 10.9 Å². The molecule has 4 rings (SSSR count). The van der Waals surface area contributed by atoms with E-state index in [0.717, 1.165) is 40.8 Å². The van der Waals surface area contributed by atoms with E-state index in [-0.39, 0.29) is 5.96 Å². The SMILES string of the molecule is NC(=Nc1cc(-c2ccc(OC3CC3)cc2)nc2ccccc12)NC=O. The maximum Gasteiger partial charge on any atom is 0.213 e. The molecule has 2 aromatic carbocycles. The van der Waals surface area contributed by atoms with Crippen LogP contribution in [-0.4, -0.2) is 23.5 Å². The lowest BCUT2D eigenvalue weighted by Crippen LogP contribution is -2.29. The number of hydrogen-bond donors (Lipinski definition) is 2. The number of para-hydroxylation sites is 1. The number of fused-ring (bicyclic) bond motifs is 1. The number of carbonyl (C=O) groups excluding carboxylic acids is 1. The number of amides is 1. The predicted molar refractivity (Wildman–Crippen MR) is 101 cm³/mol. The summed E-state index contributed by atoms with van der Waals surface area (Å²) >= 11 is 0. The van der Waals surface area contributed by atoms with Crippen LogP contribution in [0.15, 0.2) is 59.6 Å². The van der Waals surface area contributed by atoms with E-state index in [4.69, 9.17) is 15.5 Å². The summed E-state index contributed by atoms with van der Waals surface area (Å²) in [5, 5.41) is 3.22. The van der Waals surface area contributed by atoms with Crippen LogP contribution in [0.1, 0.15) is 12.8 Å². The number of benzene rings is 2. The summed E-state index contributed by atoms with van der Waals surface area (Å²) in [4.78, 5) is 19.6. The Hall–Kier alpha value is -3.41. The Morgan fingerprint density at radius 1 is 1.19 bits per heavy atom. The summed E-state index contributed by atoms with van der Waals surface area (Å²) in [6.07, 6.45) is 3.13. The zero-order valence-electron chi connectivity index (χ0n) is 14.1. The molecule has 0 saturated heterocycles. The molecule has 6 heteroatoms. The van der Waals surface area contributed by atoms with Crippen molar-refractivity contribution in [1.82, 2.24) is 10.3 Å². The number of pyridine rings is 1. The first kappa shape index (κ1) is 16.1. The first-order valence-corrected chi connectivity index (χ1v) is 8.44. The lowest BCUT2D eigenvalue weighted by Gasteiger charge is -2.09. The zero-order valence-corrected chi connectivity index (χ0v) is 14.1. The molecule has 1 aliphatic carbocycles. The third-order valence-electron chi connectivity index (χ3n) is 4.12. The number of aliphatic imine (C=N–C) groups is 1. The van der Waals surface area contributed by atoms with Gasteiger partial charge in [0.25, 0.3) is 0 Å². The molecule has 1 aromatic heterocycles. The molecular weight excluding hydrogens is 328 g/mol. The number of nitrogens with two attached hydrogens (primary N) is 1. The fourth-order valence-corrected chi connectivity index (χ4v) is 2.70. The Bertz CT molecular complexity index is 979. The fraction of sp³-hybridized carbons (Fsp3) is 0.150. The molecule has 0 unspecified atom stereocenters. The number of guanidine groups is 1. The van der Waals surface area contributed by atoms with Crippen LogP contribution in [0.25, 0.3) is 22.2 Å². The molecule has 0 aliphatic heterocycles. The summed E-state index contributed by atoms with van der Waals surface area (Å²) in [7, 11) is 0. The van der Waals surface area contributed by atoms with Crippen molar-refractivity contribution in [2.24, 2.45) is 10.7 Å². The van der Waals surface area contributed by atoms with E-state index in [9.17, 15) is 4.79 Å². The highest BCUT2D eigenvalue weighted by atomic mass is 16.5. The molecular formula is C20H18N4O2. The molecule has 1 heterocycles. The molecule has 3 N–H and O–H groups in total. The minimum absolute atomic E-state index is 0.0375. The van der Waals surface area contributed by atoms with Gasteiger partial charge in [-0.25, -0.2) is 9.98 Å². The second-order valence-corrected chi connectivity index (χ2v) is 6.14. The third kappa shape index (κ3) is 3.49. The highest BCUT2D eigenvalue weighted by molar-refractivity contribution is 5.97. The summed E-state index contributed by atoms with van der Waals surface area (Å²) in [6, 6.07) is 17.4. The highest BCUT2D eigenvalue weighted by Crippen LogP contribution is 2.32. The minimum atomic E-state index is 0.0375. The Morgan fingerprint density at radius 2 is 1.96 bits per heavy atom. The molecule has 1 fully saturated rings. The van der Waals surface area contributed by atoms with Gasteiger partial charge >= 0.3 is 0 Å². The van der Waals surface area contributed by atoms with Crippen LogP contribution in [0.4, 0.5) is 5.69 Å². The number of nitrogens with zero attached hydrogens (tertiary/aromatic N) is 2. The number of aromatic nitrogens is 1. The first-order chi connectivity index (χ1) is 12.7. The maximum atomic E-state index is 10.6. The Kier molecular flexibility index (Phi) is 4.23. The van der Waals surface area contributed by atoms with E-state index in [0.29, 0.717) is 18.2 Å². The number of rotatable bonds is 5. The van der Waals surface area contributed by atoms with Crippen LogP contribution in [0, 0.1) is 0 Å². The normalized spacial score (nSPS) is 14.2. The Morgan fingerprint density at radius 3 is 2.69 bits per heavy atom. The van der Waals surface area contributed by atoms with Gasteiger partial charge < -0.3 is 10.5 Å². The summed E-state index contributed by atoms with van der Waals surface area (Å²) < 4.78 is 5.79. The van der Waals surface area contributed by atoms with Gasteiger partial charge in [0.15, 0.2) is 5.96 Å². The summed E-state index contributed by atoms with van der Waals surface area (Å²) in [6.45, 7) is 0. The van der Waals surface area contributed by atoms with Crippen LogP contribution in [0.2, 0.25) is 0 Å². The molecule has 0 radical (unpaired) electrons. The van der Waals surface area contributed by atoms with E-state index < -0.39 is 0 Å². The second kappa shape index (κ2) is 6.84. The minimum Gasteiger partial charge on any atom is -0.490 e. The quantitative estimate of drug-likeness (QED) is 0.422. The van der Waals surface area contributed by atoms with E-state index in [1.54, 1.807) is 0 Å². The van der Waals surface area contributed by atoms with Crippen molar-refractivity contribution < 1.29 is 9.53 Å². The van der Waals surface area contributed by atoms with Crippen molar-refractivity contribution in [2.45, 2.75) is 18.9 Å². The summed E-state index contributed by atoms with van der Waals surface area (Å²) in [5.41, 5.74) is 8.93. The van der Waals surface area contributed by atoms with Gasteiger partial charge in [-0.05, 0) is 49.2 Å². The maximum absolute atomic E-state index is 10.6. The standard InChI is InChI=1S/C20H18N4O2/c21-20(22-12-25)24-19-11-18(23-17-4-2-1-3-16(17)19)13-5-7-14(8-6-13)26-15-9-10-15/h1-8,11-12,15H,9-10H2,(H3,21,22,23,24,25). The molecule has 1 amide bonds. The lowest BCUT2D eigenvalue weighted by atomic mass is 10.1. The topological polar surface area (TPSA) is 89.6 Å². The van der Waals surface area contributed by atoms with E-state index in [1.165, 1.54) is 0 Å². The van der Waals surface area contributed by atoms with Crippen LogP contribution in [0.5, 0.6) is 5.75 Å². The molecule has 1 saturated carbocycles.